The van der Waals surface area contributed by atoms with Gasteiger partial charge in [0.15, 0.2) is 0 Å². The lowest BCUT2D eigenvalue weighted by Gasteiger charge is -2.19. The summed E-state index contributed by atoms with van der Waals surface area (Å²) < 4.78 is 24.2. The normalized spacial score (nSPS) is 14.7. The van der Waals surface area contributed by atoms with Gasteiger partial charge in [0.25, 0.3) is 0 Å². The zero-order valence-electron chi connectivity index (χ0n) is 10.9. The van der Waals surface area contributed by atoms with Gasteiger partial charge in [0, 0.05) is 16.8 Å². The summed E-state index contributed by atoms with van der Waals surface area (Å²) >= 11 is 0. The van der Waals surface area contributed by atoms with Crippen LogP contribution in [-0.2, 0) is 14.5 Å². The summed E-state index contributed by atoms with van der Waals surface area (Å²) in [6.45, 7) is 5.31. The van der Waals surface area contributed by atoms with Crippen LogP contribution in [0, 0.1) is 4.78 Å². The fourth-order valence-electron chi connectivity index (χ4n) is 1.24. The number of nitrogens with one attached hydrogen (secondary N) is 2. The molecule has 1 rings (SSSR count). The summed E-state index contributed by atoms with van der Waals surface area (Å²) in [5.74, 6) is 0. The molecule has 18 heavy (non-hydrogen) atoms. The number of ether oxygens (including phenoxy) is 1. The van der Waals surface area contributed by atoms with Crippen LogP contribution in [0.15, 0.2) is 29.2 Å². The molecule has 0 aliphatic rings. The molecule has 6 heteroatoms. The Hall–Kier alpha value is -1.56. The molecular formula is C12H18N2O3S. The second-order valence-electron chi connectivity index (χ2n) is 5.00. The molecule has 5 nitrogen and oxygen atoms in total. The Morgan fingerprint density at radius 1 is 1.39 bits per heavy atom. The predicted molar refractivity (Wildman–Crippen MR) is 71.4 cm³/mol. The molecule has 2 N–H and O–H groups in total. The third-order valence-electron chi connectivity index (χ3n) is 1.93. The summed E-state index contributed by atoms with van der Waals surface area (Å²) in [5.41, 5.74) is -0.112. The van der Waals surface area contributed by atoms with Crippen molar-refractivity contribution >= 4 is 21.5 Å². The van der Waals surface area contributed by atoms with Gasteiger partial charge in [-0.15, -0.1) is 0 Å². The van der Waals surface area contributed by atoms with Crippen LogP contribution in [0.25, 0.3) is 0 Å². The Balaban J connectivity index is 2.84. The van der Waals surface area contributed by atoms with Crippen molar-refractivity contribution in [2.45, 2.75) is 31.3 Å². The lowest BCUT2D eigenvalue weighted by molar-refractivity contribution is 0.0636. The number of anilines is 1. The van der Waals surface area contributed by atoms with Crippen molar-refractivity contribution in [3.05, 3.63) is 24.3 Å². The maximum atomic E-state index is 11.6. The monoisotopic (exact) mass is 270 g/mol. The average molecular weight is 270 g/mol. The molecule has 0 aromatic heterocycles. The number of amides is 1. The third-order valence-corrected chi connectivity index (χ3v) is 3.08. The van der Waals surface area contributed by atoms with Crippen molar-refractivity contribution in [1.29, 1.82) is 4.78 Å². The molecule has 0 bridgehead atoms. The van der Waals surface area contributed by atoms with E-state index in [0.717, 1.165) is 0 Å². The van der Waals surface area contributed by atoms with Crippen LogP contribution in [-0.4, -0.2) is 22.2 Å². The van der Waals surface area contributed by atoms with Crippen molar-refractivity contribution in [1.82, 2.24) is 0 Å². The minimum absolute atomic E-state index is 0.371. The standard InChI is InChI=1S/C12H18N2O3S/c1-12(2,3)17-11(15)14-9-6-5-7-10(8-9)18(4,13)16/h5-8,13H,1-4H3,(H,14,15). The molecule has 1 aromatic carbocycles. The molecule has 0 radical (unpaired) electrons. The fourth-order valence-corrected chi connectivity index (χ4v) is 1.93. The van der Waals surface area contributed by atoms with E-state index < -0.39 is 21.4 Å². The van der Waals surface area contributed by atoms with E-state index in [9.17, 15) is 9.00 Å². The molecule has 100 valence electrons. The Labute approximate surface area is 108 Å². The molecule has 1 unspecified atom stereocenters. The highest BCUT2D eigenvalue weighted by molar-refractivity contribution is 7.91. The molecule has 0 aliphatic carbocycles. The number of hydrogen-bond donors (Lipinski definition) is 2. The van der Waals surface area contributed by atoms with Gasteiger partial charge in [-0.25, -0.2) is 13.8 Å². The van der Waals surface area contributed by atoms with Gasteiger partial charge in [-0.2, -0.15) is 0 Å². The largest absolute Gasteiger partial charge is 0.444 e. The van der Waals surface area contributed by atoms with Crippen LogP contribution < -0.4 is 5.32 Å². The van der Waals surface area contributed by atoms with Crippen molar-refractivity contribution in [3.63, 3.8) is 0 Å². The van der Waals surface area contributed by atoms with Crippen LogP contribution in [0.2, 0.25) is 0 Å². The van der Waals surface area contributed by atoms with E-state index in [-0.39, 0.29) is 0 Å². The average Bonchev–Trinajstić information content (AvgIpc) is 2.13. The van der Waals surface area contributed by atoms with Gasteiger partial charge in [-0.1, -0.05) is 6.07 Å². The fraction of sp³-hybridized carbons (Fsp3) is 0.417. The minimum atomic E-state index is -2.79. The first-order valence-corrected chi connectivity index (χ1v) is 7.38. The van der Waals surface area contributed by atoms with E-state index in [4.69, 9.17) is 9.52 Å². The van der Waals surface area contributed by atoms with Crippen molar-refractivity contribution < 1.29 is 13.7 Å². The number of rotatable bonds is 2. The van der Waals surface area contributed by atoms with Gasteiger partial charge in [0.1, 0.15) is 5.60 Å². The van der Waals surface area contributed by atoms with E-state index in [1.807, 2.05) is 0 Å². The number of benzene rings is 1. The van der Waals surface area contributed by atoms with Crippen molar-refractivity contribution in [2.75, 3.05) is 11.6 Å². The summed E-state index contributed by atoms with van der Waals surface area (Å²) in [6, 6.07) is 6.40. The summed E-state index contributed by atoms with van der Waals surface area (Å²) in [4.78, 5) is 11.9. The first-order chi connectivity index (χ1) is 8.08. The molecule has 1 atom stereocenters. The first-order valence-electron chi connectivity index (χ1n) is 5.42. The molecule has 1 amide bonds. The highest BCUT2D eigenvalue weighted by atomic mass is 32.2. The van der Waals surface area contributed by atoms with Gasteiger partial charge < -0.3 is 4.74 Å². The molecule has 1 aromatic rings. The Bertz CT molecular complexity index is 545. The second-order valence-corrected chi connectivity index (χ2v) is 7.16. The highest BCUT2D eigenvalue weighted by Crippen LogP contribution is 2.17. The quantitative estimate of drug-likeness (QED) is 0.866. The van der Waals surface area contributed by atoms with Gasteiger partial charge in [0.2, 0.25) is 0 Å². The summed E-state index contributed by atoms with van der Waals surface area (Å²) in [5, 5.41) is 2.54. The van der Waals surface area contributed by atoms with Gasteiger partial charge in [0.05, 0.1) is 9.73 Å². The smallest absolute Gasteiger partial charge is 0.412 e. The lowest BCUT2D eigenvalue weighted by atomic mass is 10.2. The molecule has 0 saturated heterocycles. The van der Waals surface area contributed by atoms with Crippen LogP contribution in [0.4, 0.5) is 10.5 Å². The van der Waals surface area contributed by atoms with Gasteiger partial charge >= 0.3 is 6.09 Å². The Kier molecular flexibility index (Phi) is 4.01. The van der Waals surface area contributed by atoms with Crippen molar-refractivity contribution in [2.24, 2.45) is 0 Å². The molecule has 0 spiro atoms. The zero-order chi connectivity index (χ0) is 14.0. The molecule has 0 heterocycles. The van der Waals surface area contributed by atoms with E-state index in [0.29, 0.717) is 10.6 Å². The van der Waals surface area contributed by atoms with Crippen LogP contribution in [0.3, 0.4) is 0 Å². The maximum Gasteiger partial charge on any atom is 0.412 e. The van der Waals surface area contributed by atoms with E-state index in [2.05, 4.69) is 5.32 Å². The first kappa shape index (κ1) is 14.5. The Morgan fingerprint density at radius 2 is 2.00 bits per heavy atom. The molecular weight excluding hydrogens is 252 g/mol. The van der Waals surface area contributed by atoms with E-state index in [1.54, 1.807) is 39.0 Å². The number of carbonyl (C=O) groups is 1. The Morgan fingerprint density at radius 3 is 2.50 bits per heavy atom. The number of carbonyl (C=O) groups excluding carboxylic acids is 1. The topological polar surface area (TPSA) is 79.2 Å². The molecule has 0 saturated carbocycles. The SMILES string of the molecule is CC(C)(C)OC(=O)Nc1cccc(S(C)(=N)=O)c1. The van der Waals surface area contributed by atoms with Gasteiger partial charge in [-0.3, -0.25) is 5.32 Å². The number of hydrogen-bond acceptors (Lipinski definition) is 4. The van der Waals surface area contributed by atoms with Crippen molar-refractivity contribution in [3.8, 4) is 0 Å². The molecule has 0 aliphatic heterocycles. The van der Waals surface area contributed by atoms with Gasteiger partial charge in [-0.05, 0) is 39.0 Å². The van der Waals surface area contributed by atoms with E-state index in [1.165, 1.54) is 12.3 Å². The van der Waals surface area contributed by atoms with Crippen LogP contribution in [0.1, 0.15) is 20.8 Å². The van der Waals surface area contributed by atoms with Crippen LogP contribution in [0.5, 0.6) is 0 Å². The zero-order valence-corrected chi connectivity index (χ0v) is 11.8. The minimum Gasteiger partial charge on any atom is -0.444 e. The molecule has 0 fully saturated rings. The van der Waals surface area contributed by atoms with E-state index >= 15 is 0 Å². The maximum absolute atomic E-state index is 11.6. The predicted octanol–water partition coefficient (Wildman–Crippen LogP) is 3.07. The van der Waals surface area contributed by atoms with Crippen LogP contribution >= 0.6 is 0 Å². The summed E-state index contributed by atoms with van der Waals surface area (Å²) in [7, 11) is -2.79. The second kappa shape index (κ2) is 4.97. The lowest BCUT2D eigenvalue weighted by Crippen LogP contribution is -2.27. The third kappa shape index (κ3) is 4.75. The summed E-state index contributed by atoms with van der Waals surface area (Å²) in [6.07, 6.45) is 0.756. The highest BCUT2D eigenvalue weighted by Gasteiger charge is 2.16.